The number of sulfone groups is 1. The van der Waals surface area contributed by atoms with E-state index in [1.54, 1.807) is 24.3 Å². The standard InChI is InChI=1S/C21H23NO11S2/c1-10(23)29-9-15-17(30-11(2)24)18(31-12(3)25)19(32-13(4)26)20(33-15)35(27,28)21-22-14-7-5-6-8-16(14)34-21/h5-8,15,17-20H,9H2,1-4H3/t15-,17+,18+,19-,20+/m1/s1. The molecule has 12 nitrogen and oxygen atoms in total. The molecule has 2 aromatic rings. The minimum atomic E-state index is -4.48. The molecule has 0 aliphatic carbocycles. The van der Waals surface area contributed by atoms with Crippen LogP contribution in [-0.4, -0.2) is 73.7 Å². The van der Waals surface area contributed by atoms with Gasteiger partial charge in [-0.1, -0.05) is 12.1 Å². The maximum atomic E-state index is 13.7. The second-order valence-electron chi connectivity index (χ2n) is 7.56. The van der Waals surface area contributed by atoms with Gasteiger partial charge in [-0.25, -0.2) is 13.4 Å². The molecule has 5 atom stereocenters. The molecule has 35 heavy (non-hydrogen) atoms. The van der Waals surface area contributed by atoms with Crippen molar-refractivity contribution in [2.75, 3.05) is 6.61 Å². The first kappa shape index (κ1) is 26.5. The highest BCUT2D eigenvalue weighted by molar-refractivity contribution is 7.94. The van der Waals surface area contributed by atoms with Crippen molar-refractivity contribution in [1.29, 1.82) is 0 Å². The lowest BCUT2D eigenvalue weighted by molar-refractivity contribution is -0.238. The largest absolute Gasteiger partial charge is 0.463 e. The van der Waals surface area contributed by atoms with Crippen molar-refractivity contribution in [2.45, 2.75) is 61.9 Å². The maximum absolute atomic E-state index is 13.7. The summed E-state index contributed by atoms with van der Waals surface area (Å²) in [7, 11) is -4.48. The fourth-order valence-corrected chi connectivity index (χ4v) is 6.50. The minimum Gasteiger partial charge on any atom is -0.463 e. The molecular formula is C21H23NO11S2. The van der Waals surface area contributed by atoms with E-state index in [0.29, 0.717) is 10.2 Å². The molecule has 1 saturated heterocycles. The lowest BCUT2D eigenvalue weighted by Crippen LogP contribution is -2.64. The molecule has 1 fully saturated rings. The van der Waals surface area contributed by atoms with Gasteiger partial charge in [-0.15, -0.1) is 11.3 Å². The van der Waals surface area contributed by atoms with Gasteiger partial charge in [-0.05, 0) is 12.1 Å². The Hall–Kier alpha value is -3.10. The molecule has 0 radical (unpaired) electrons. The van der Waals surface area contributed by atoms with Crippen LogP contribution in [0.3, 0.4) is 0 Å². The van der Waals surface area contributed by atoms with Crippen molar-refractivity contribution in [2.24, 2.45) is 0 Å². The van der Waals surface area contributed by atoms with Crippen LogP contribution in [0.4, 0.5) is 0 Å². The van der Waals surface area contributed by atoms with Gasteiger partial charge in [-0.2, -0.15) is 0 Å². The van der Waals surface area contributed by atoms with Gasteiger partial charge in [0.15, 0.2) is 18.3 Å². The summed E-state index contributed by atoms with van der Waals surface area (Å²) in [4.78, 5) is 51.2. The Morgan fingerprint density at radius 1 is 0.886 bits per heavy atom. The monoisotopic (exact) mass is 529 g/mol. The number of carbonyl (C=O) groups excluding carboxylic acids is 4. The Morgan fingerprint density at radius 2 is 1.46 bits per heavy atom. The average Bonchev–Trinajstić information content (AvgIpc) is 3.19. The quantitative estimate of drug-likeness (QED) is 0.372. The van der Waals surface area contributed by atoms with E-state index in [4.69, 9.17) is 23.7 Å². The third-order valence-electron chi connectivity index (χ3n) is 4.77. The Kier molecular flexibility index (Phi) is 8.07. The highest BCUT2D eigenvalue weighted by Gasteiger charge is 2.57. The van der Waals surface area contributed by atoms with Crippen molar-refractivity contribution in [3.63, 3.8) is 0 Å². The SMILES string of the molecule is CC(=O)OC[C@H]1O[C@@H](S(=O)(=O)c2nc3ccccc3s2)[C@H](OC(C)=O)[C@@H](OC(C)=O)[C@H]1OC(C)=O. The van der Waals surface area contributed by atoms with Crippen molar-refractivity contribution in [3.8, 4) is 0 Å². The Morgan fingerprint density at radius 3 is 2.03 bits per heavy atom. The van der Waals surface area contributed by atoms with Crippen LogP contribution in [0.5, 0.6) is 0 Å². The predicted octanol–water partition coefficient (Wildman–Crippen LogP) is 1.15. The lowest BCUT2D eigenvalue weighted by Gasteiger charge is -2.43. The number of aromatic nitrogens is 1. The highest BCUT2D eigenvalue weighted by atomic mass is 32.2. The number of rotatable bonds is 7. The van der Waals surface area contributed by atoms with E-state index in [9.17, 15) is 27.6 Å². The van der Waals surface area contributed by atoms with Crippen molar-refractivity contribution < 1.29 is 51.3 Å². The summed E-state index contributed by atoms with van der Waals surface area (Å²) in [6.07, 6.45) is -6.16. The summed E-state index contributed by atoms with van der Waals surface area (Å²) in [6, 6.07) is 6.70. The molecule has 1 aliphatic rings. The molecule has 190 valence electrons. The van der Waals surface area contributed by atoms with Gasteiger partial charge < -0.3 is 23.7 Å². The Bertz CT molecular complexity index is 1210. The normalized spacial score (nSPS) is 24.4. The Balaban J connectivity index is 2.13. The minimum absolute atomic E-state index is 0.334. The van der Waals surface area contributed by atoms with E-state index < -0.39 is 70.2 Å². The van der Waals surface area contributed by atoms with E-state index in [-0.39, 0.29) is 4.34 Å². The summed E-state index contributed by atoms with van der Waals surface area (Å²) < 4.78 is 54.1. The van der Waals surface area contributed by atoms with Gasteiger partial charge in [0.2, 0.25) is 19.6 Å². The summed E-state index contributed by atoms with van der Waals surface area (Å²) in [5, 5.41) is 0. The molecule has 0 N–H and O–H groups in total. The van der Waals surface area contributed by atoms with Crippen LogP contribution in [0.15, 0.2) is 28.6 Å². The number of para-hydroxylation sites is 1. The van der Waals surface area contributed by atoms with E-state index in [2.05, 4.69) is 4.98 Å². The number of nitrogens with zero attached hydrogens (tertiary/aromatic N) is 1. The topological polar surface area (TPSA) is 161 Å². The van der Waals surface area contributed by atoms with Crippen LogP contribution in [-0.2, 0) is 52.7 Å². The van der Waals surface area contributed by atoms with Crippen LogP contribution in [0.1, 0.15) is 27.7 Å². The first-order valence-corrected chi connectivity index (χ1v) is 12.7. The van der Waals surface area contributed by atoms with Crippen LogP contribution in [0, 0.1) is 0 Å². The number of benzene rings is 1. The van der Waals surface area contributed by atoms with Gasteiger partial charge in [-0.3, -0.25) is 19.2 Å². The number of ether oxygens (including phenoxy) is 5. The molecule has 0 unspecified atom stereocenters. The van der Waals surface area contributed by atoms with Crippen LogP contribution < -0.4 is 0 Å². The van der Waals surface area contributed by atoms with Crippen LogP contribution >= 0.6 is 11.3 Å². The molecule has 3 rings (SSSR count). The van der Waals surface area contributed by atoms with Crippen LogP contribution in [0.2, 0.25) is 0 Å². The number of fused-ring (bicyclic) bond motifs is 1. The lowest BCUT2D eigenvalue weighted by atomic mass is 9.99. The molecule has 0 amide bonds. The van der Waals surface area contributed by atoms with E-state index in [1.807, 2.05) is 0 Å². The van der Waals surface area contributed by atoms with Crippen molar-refractivity contribution in [1.82, 2.24) is 4.98 Å². The van der Waals surface area contributed by atoms with E-state index in [1.165, 1.54) is 0 Å². The predicted molar refractivity (Wildman–Crippen MR) is 119 cm³/mol. The maximum Gasteiger partial charge on any atom is 0.303 e. The van der Waals surface area contributed by atoms with Crippen LogP contribution in [0.25, 0.3) is 10.2 Å². The smallest absolute Gasteiger partial charge is 0.303 e. The van der Waals surface area contributed by atoms with E-state index in [0.717, 1.165) is 39.0 Å². The van der Waals surface area contributed by atoms with E-state index >= 15 is 0 Å². The fraction of sp³-hybridized carbons (Fsp3) is 0.476. The molecule has 0 spiro atoms. The van der Waals surface area contributed by atoms with Gasteiger partial charge in [0, 0.05) is 27.7 Å². The zero-order chi connectivity index (χ0) is 25.9. The molecule has 1 aromatic heterocycles. The van der Waals surface area contributed by atoms with Gasteiger partial charge in [0.05, 0.1) is 10.2 Å². The zero-order valence-corrected chi connectivity index (χ0v) is 20.8. The second kappa shape index (κ2) is 10.7. The molecule has 14 heteroatoms. The Labute approximate surface area is 204 Å². The number of esters is 4. The second-order valence-corrected chi connectivity index (χ2v) is 10.8. The molecule has 0 saturated carbocycles. The highest BCUT2D eigenvalue weighted by Crippen LogP contribution is 2.36. The molecule has 2 heterocycles. The first-order chi connectivity index (χ1) is 16.4. The zero-order valence-electron chi connectivity index (χ0n) is 19.2. The van der Waals surface area contributed by atoms with Gasteiger partial charge in [0.25, 0.3) is 0 Å². The van der Waals surface area contributed by atoms with Gasteiger partial charge >= 0.3 is 23.9 Å². The summed E-state index contributed by atoms with van der Waals surface area (Å²) >= 11 is 0.867. The third-order valence-corrected chi connectivity index (χ3v) is 8.12. The summed E-state index contributed by atoms with van der Waals surface area (Å²) in [5.74, 6) is -3.31. The van der Waals surface area contributed by atoms with Gasteiger partial charge in [0.1, 0.15) is 12.7 Å². The number of carbonyl (C=O) groups is 4. The van der Waals surface area contributed by atoms with Crippen molar-refractivity contribution >= 4 is 55.3 Å². The molecule has 1 aliphatic heterocycles. The number of thiazole rings is 1. The molecular weight excluding hydrogens is 506 g/mol. The molecule has 0 bridgehead atoms. The summed E-state index contributed by atoms with van der Waals surface area (Å²) in [5.41, 5.74) is -1.51. The number of hydrogen-bond donors (Lipinski definition) is 0. The number of hydrogen-bond acceptors (Lipinski definition) is 13. The first-order valence-electron chi connectivity index (χ1n) is 10.3. The average molecular weight is 530 g/mol. The molecule has 1 aromatic carbocycles. The third kappa shape index (κ3) is 6.13. The summed E-state index contributed by atoms with van der Waals surface area (Å²) in [6.45, 7) is 3.72. The van der Waals surface area contributed by atoms with Crippen molar-refractivity contribution in [3.05, 3.63) is 24.3 Å². The fourth-order valence-electron chi connectivity index (χ4n) is 3.51.